The SMILES string of the molecule is c1ccc(C(NC[C@H]2CO[C@H]3OCC[C@@H]23)c2ccccc2)cc1. The van der Waals surface area contributed by atoms with Crippen LogP contribution in [-0.4, -0.2) is 26.0 Å². The maximum Gasteiger partial charge on any atom is 0.160 e. The molecular formula is C20H23NO2. The number of rotatable bonds is 5. The highest BCUT2D eigenvalue weighted by molar-refractivity contribution is 5.31. The van der Waals surface area contributed by atoms with Crippen LogP contribution >= 0.6 is 0 Å². The Labute approximate surface area is 137 Å². The van der Waals surface area contributed by atoms with Gasteiger partial charge in [0.15, 0.2) is 6.29 Å². The van der Waals surface area contributed by atoms with Crippen LogP contribution in [0.4, 0.5) is 0 Å². The molecule has 3 nitrogen and oxygen atoms in total. The zero-order chi connectivity index (χ0) is 15.5. The summed E-state index contributed by atoms with van der Waals surface area (Å²) in [6.45, 7) is 2.60. The summed E-state index contributed by atoms with van der Waals surface area (Å²) in [5.41, 5.74) is 2.61. The lowest BCUT2D eigenvalue weighted by atomic mass is 9.92. The summed E-state index contributed by atoms with van der Waals surface area (Å²) in [7, 11) is 0. The Kier molecular flexibility index (Phi) is 4.42. The van der Waals surface area contributed by atoms with Crippen molar-refractivity contribution in [3.05, 3.63) is 71.8 Å². The average molecular weight is 309 g/mol. The standard InChI is InChI=1S/C20H23NO2/c1-3-7-15(8-4-1)19(16-9-5-2-6-10-16)21-13-17-14-23-20-18(17)11-12-22-20/h1-10,17-21H,11-14H2/t17-,18-,20+/m0/s1. The minimum atomic E-state index is 0.0358. The van der Waals surface area contributed by atoms with Gasteiger partial charge in [0.1, 0.15) is 0 Å². The topological polar surface area (TPSA) is 30.5 Å². The first-order valence-electron chi connectivity index (χ1n) is 8.48. The Hall–Kier alpha value is -1.68. The zero-order valence-corrected chi connectivity index (χ0v) is 13.2. The van der Waals surface area contributed by atoms with Crippen molar-refractivity contribution in [1.29, 1.82) is 0 Å². The fraction of sp³-hybridized carbons (Fsp3) is 0.400. The Morgan fingerprint density at radius 1 is 0.913 bits per heavy atom. The van der Waals surface area contributed by atoms with E-state index in [1.54, 1.807) is 0 Å². The van der Waals surface area contributed by atoms with E-state index in [0.717, 1.165) is 26.2 Å². The molecule has 2 aliphatic heterocycles. The molecule has 0 bridgehead atoms. The summed E-state index contributed by atoms with van der Waals surface area (Å²) in [6.07, 6.45) is 1.16. The monoisotopic (exact) mass is 309 g/mol. The van der Waals surface area contributed by atoms with E-state index < -0.39 is 0 Å². The number of ether oxygens (including phenoxy) is 2. The van der Waals surface area contributed by atoms with Crippen molar-refractivity contribution in [3.8, 4) is 0 Å². The first-order chi connectivity index (χ1) is 11.4. The van der Waals surface area contributed by atoms with Gasteiger partial charge in [0.2, 0.25) is 0 Å². The minimum Gasteiger partial charge on any atom is -0.352 e. The fourth-order valence-corrected chi connectivity index (χ4v) is 3.75. The molecule has 0 amide bonds. The molecule has 2 aromatic carbocycles. The van der Waals surface area contributed by atoms with Gasteiger partial charge in [0.05, 0.1) is 19.3 Å². The van der Waals surface area contributed by atoms with Crippen molar-refractivity contribution < 1.29 is 9.47 Å². The van der Waals surface area contributed by atoms with Crippen LogP contribution < -0.4 is 5.32 Å². The van der Waals surface area contributed by atoms with Crippen LogP contribution in [0.3, 0.4) is 0 Å². The van der Waals surface area contributed by atoms with Crippen LogP contribution in [-0.2, 0) is 9.47 Å². The summed E-state index contributed by atoms with van der Waals surface area (Å²) in [6, 6.07) is 21.5. The van der Waals surface area contributed by atoms with Crippen LogP contribution in [0.1, 0.15) is 23.6 Å². The highest BCUT2D eigenvalue weighted by Gasteiger charge is 2.41. The van der Waals surface area contributed by atoms with Crippen LogP contribution in [0.2, 0.25) is 0 Å². The molecule has 0 spiro atoms. The van der Waals surface area contributed by atoms with Gasteiger partial charge in [0.25, 0.3) is 0 Å². The van der Waals surface area contributed by atoms with E-state index in [9.17, 15) is 0 Å². The second-order valence-electron chi connectivity index (χ2n) is 6.45. The van der Waals surface area contributed by atoms with Crippen LogP contribution in [0.25, 0.3) is 0 Å². The molecule has 3 atom stereocenters. The molecule has 0 aliphatic carbocycles. The van der Waals surface area contributed by atoms with E-state index >= 15 is 0 Å². The van der Waals surface area contributed by atoms with Crippen molar-refractivity contribution >= 4 is 0 Å². The number of fused-ring (bicyclic) bond motifs is 1. The first-order valence-corrected chi connectivity index (χ1v) is 8.48. The molecule has 0 unspecified atom stereocenters. The molecule has 0 saturated carbocycles. The van der Waals surface area contributed by atoms with Crippen LogP contribution in [0.5, 0.6) is 0 Å². The number of benzene rings is 2. The highest BCUT2D eigenvalue weighted by Crippen LogP contribution is 2.35. The van der Waals surface area contributed by atoms with Crippen molar-refractivity contribution in [2.45, 2.75) is 18.8 Å². The van der Waals surface area contributed by atoms with Gasteiger partial charge in [0, 0.05) is 18.4 Å². The molecular weight excluding hydrogens is 286 g/mol. The molecule has 0 aromatic heterocycles. The van der Waals surface area contributed by atoms with E-state index in [4.69, 9.17) is 9.47 Å². The molecule has 2 heterocycles. The smallest absolute Gasteiger partial charge is 0.160 e. The molecule has 1 N–H and O–H groups in total. The van der Waals surface area contributed by atoms with Crippen molar-refractivity contribution in [2.75, 3.05) is 19.8 Å². The lowest BCUT2D eigenvalue weighted by Gasteiger charge is -2.23. The molecule has 23 heavy (non-hydrogen) atoms. The van der Waals surface area contributed by atoms with Gasteiger partial charge in [-0.1, -0.05) is 60.7 Å². The van der Waals surface area contributed by atoms with Gasteiger partial charge in [-0.3, -0.25) is 0 Å². The second kappa shape index (κ2) is 6.83. The van der Waals surface area contributed by atoms with E-state index in [1.807, 2.05) is 0 Å². The predicted molar refractivity (Wildman–Crippen MR) is 90.0 cm³/mol. The number of nitrogens with one attached hydrogen (secondary N) is 1. The molecule has 2 saturated heterocycles. The predicted octanol–water partition coefficient (Wildman–Crippen LogP) is 3.37. The van der Waals surface area contributed by atoms with Gasteiger partial charge in [-0.25, -0.2) is 0 Å². The third-order valence-electron chi connectivity index (χ3n) is 5.01. The Morgan fingerprint density at radius 2 is 1.57 bits per heavy atom. The second-order valence-corrected chi connectivity index (χ2v) is 6.45. The average Bonchev–Trinajstić information content (AvgIpc) is 3.22. The fourth-order valence-electron chi connectivity index (χ4n) is 3.75. The summed E-state index contributed by atoms with van der Waals surface area (Å²) >= 11 is 0. The Morgan fingerprint density at radius 3 is 2.22 bits per heavy atom. The summed E-state index contributed by atoms with van der Waals surface area (Å²) in [4.78, 5) is 0. The van der Waals surface area contributed by atoms with Crippen molar-refractivity contribution in [2.24, 2.45) is 11.8 Å². The molecule has 2 aromatic rings. The van der Waals surface area contributed by atoms with Crippen LogP contribution in [0.15, 0.2) is 60.7 Å². The van der Waals surface area contributed by atoms with E-state index in [0.29, 0.717) is 11.8 Å². The molecule has 120 valence electrons. The summed E-state index contributed by atoms with van der Waals surface area (Å²) in [5.74, 6) is 1.09. The molecule has 2 aliphatic rings. The van der Waals surface area contributed by atoms with Gasteiger partial charge in [-0.2, -0.15) is 0 Å². The van der Waals surface area contributed by atoms with Crippen molar-refractivity contribution in [1.82, 2.24) is 5.32 Å². The highest BCUT2D eigenvalue weighted by atomic mass is 16.7. The largest absolute Gasteiger partial charge is 0.352 e. The molecule has 2 fully saturated rings. The van der Waals surface area contributed by atoms with Gasteiger partial charge in [-0.15, -0.1) is 0 Å². The number of hydrogen-bond donors (Lipinski definition) is 1. The third kappa shape index (κ3) is 3.18. The van der Waals surface area contributed by atoms with Gasteiger partial charge < -0.3 is 14.8 Å². The molecule has 4 rings (SSSR count). The normalized spacial score (nSPS) is 26.6. The van der Waals surface area contributed by atoms with Gasteiger partial charge >= 0.3 is 0 Å². The van der Waals surface area contributed by atoms with Crippen LogP contribution in [0, 0.1) is 11.8 Å². The first kappa shape index (κ1) is 14.9. The minimum absolute atomic E-state index is 0.0358. The zero-order valence-electron chi connectivity index (χ0n) is 13.2. The Balaban J connectivity index is 1.50. The van der Waals surface area contributed by atoms with E-state index in [2.05, 4.69) is 66.0 Å². The third-order valence-corrected chi connectivity index (χ3v) is 5.01. The van der Waals surface area contributed by atoms with E-state index in [-0.39, 0.29) is 12.3 Å². The molecule has 3 heteroatoms. The maximum absolute atomic E-state index is 5.77. The summed E-state index contributed by atoms with van der Waals surface area (Å²) in [5, 5.41) is 3.77. The quantitative estimate of drug-likeness (QED) is 0.918. The Bertz CT molecular complexity index is 577. The summed E-state index contributed by atoms with van der Waals surface area (Å²) < 4.78 is 11.4. The van der Waals surface area contributed by atoms with Crippen molar-refractivity contribution in [3.63, 3.8) is 0 Å². The maximum atomic E-state index is 5.77. The molecule has 0 radical (unpaired) electrons. The number of hydrogen-bond acceptors (Lipinski definition) is 3. The van der Waals surface area contributed by atoms with E-state index in [1.165, 1.54) is 11.1 Å². The lowest BCUT2D eigenvalue weighted by Crippen LogP contribution is -2.31. The lowest BCUT2D eigenvalue weighted by molar-refractivity contribution is -0.0905. The van der Waals surface area contributed by atoms with Gasteiger partial charge in [-0.05, 0) is 17.5 Å².